The normalized spacial score (nSPS) is 11.1. The Morgan fingerprint density at radius 2 is 1.88 bits per heavy atom. The molecule has 0 aliphatic carbocycles. The van der Waals surface area contributed by atoms with Crippen molar-refractivity contribution in [2.45, 2.75) is 0 Å². The van der Waals surface area contributed by atoms with Crippen molar-refractivity contribution in [3.8, 4) is 11.3 Å². The number of rotatable bonds is 2. The minimum absolute atomic E-state index is 0.0213. The molecule has 4 rings (SSSR count). The highest BCUT2D eigenvalue weighted by atomic mass is 35.5. The van der Waals surface area contributed by atoms with E-state index in [-0.39, 0.29) is 27.8 Å². The number of hydrazine groups is 1. The summed E-state index contributed by atoms with van der Waals surface area (Å²) >= 11 is 6.31. The number of nitrogens with zero attached hydrogens (tertiary/aromatic N) is 3. The molecule has 0 atom stereocenters. The fourth-order valence-corrected chi connectivity index (χ4v) is 2.82. The molecule has 0 saturated carbocycles. The van der Waals surface area contributed by atoms with Crippen LogP contribution in [-0.4, -0.2) is 24.9 Å². The van der Waals surface area contributed by atoms with Crippen LogP contribution in [0.3, 0.4) is 0 Å². The van der Waals surface area contributed by atoms with Gasteiger partial charge in [-0.1, -0.05) is 29.8 Å². The molecule has 25 heavy (non-hydrogen) atoms. The number of aromatic nitrogens is 5. The highest BCUT2D eigenvalue weighted by molar-refractivity contribution is 6.33. The van der Waals surface area contributed by atoms with Crippen LogP contribution in [0, 0.1) is 0 Å². The van der Waals surface area contributed by atoms with Gasteiger partial charge in [-0.2, -0.15) is 4.98 Å². The van der Waals surface area contributed by atoms with Crippen LogP contribution in [-0.2, 0) is 0 Å². The fourth-order valence-electron chi connectivity index (χ4n) is 2.59. The molecule has 0 amide bonds. The van der Waals surface area contributed by atoms with Gasteiger partial charge in [0.15, 0.2) is 5.65 Å². The van der Waals surface area contributed by atoms with Crippen LogP contribution in [0.5, 0.6) is 0 Å². The lowest BCUT2D eigenvalue weighted by molar-refractivity contribution is 1.04. The highest BCUT2D eigenvalue weighted by Crippen LogP contribution is 2.31. The second kappa shape index (κ2) is 5.65. The summed E-state index contributed by atoms with van der Waals surface area (Å²) in [6.45, 7) is 0. The predicted molar refractivity (Wildman–Crippen MR) is 94.3 cm³/mol. The SMILES string of the molecule is NNc1nc(-c2cc3ccccc3nc2Cl)c2c(=O)[nH]c(=O)[nH]c2n1. The monoisotopic (exact) mass is 355 g/mol. The first-order valence-corrected chi connectivity index (χ1v) is 7.51. The van der Waals surface area contributed by atoms with Gasteiger partial charge in [-0.15, -0.1) is 0 Å². The van der Waals surface area contributed by atoms with Crippen LogP contribution in [0.2, 0.25) is 5.15 Å². The van der Waals surface area contributed by atoms with Crippen LogP contribution in [0.25, 0.3) is 33.2 Å². The maximum absolute atomic E-state index is 12.3. The smallest absolute Gasteiger partial charge is 0.292 e. The molecule has 0 radical (unpaired) electrons. The van der Waals surface area contributed by atoms with Crippen molar-refractivity contribution < 1.29 is 0 Å². The highest BCUT2D eigenvalue weighted by Gasteiger charge is 2.17. The van der Waals surface area contributed by atoms with Crippen LogP contribution < -0.4 is 22.5 Å². The van der Waals surface area contributed by atoms with E-state index >= 15 is 0 Å². The second-order valence-electron chi connectivity index (χ2n) is 5.19. The molecule has 0 aliphatic rings. The minimum Gasteiger partial charge on any atom is -0.292 e. The Bertz CT molecular complexity index is 1250. The van der Waals surface area contributed by atoms with E-state index in [9.17, 15) is 9.59 Å². The van der Waals surface area contributed by atoms with Gasteiger partial charge in [0.2, 0.25) is 5.95 Å². The Kier molecular flexibility index (Phi) is 3.45. The summed E-state index contributed by atoms with van der Waals surface area (Å²) in [6, 6.07) is 9.14. The van der Waals surface area contributed by atoms with Crippen molar-refractivity contribution in [3.63, 3.8) is 0 Å². The topological polar surface area (TPSA) is 142 Å². The Morgan fingerprint density at radius 3 is 2.68 bits per heavy atom. The van der Waals surface area contributed by atoms with E-state index in [0.717, 1.165) is 5.39 Å². The maximum atomic E-state index is 12.3. The predicted octanol–water partition coefficient (Wildman–Crippen LogP) is 1.16. The van der Waals surface area contributed by atoms with Gasteiger partial charge in [-0.25, -0.2) is 20.6 Å². The summed E-state index contributed by atoms with van der Waals surface area (Å²) in [5, 5.41) is 1.06. The molecule has 1 aromatic carbocycles. The zero-order valence-corrected chi connectivity index (χ0v) is 13.3. The number of hydrogen-bond acceptors (Lipinski definition) is 7. The number of para-hydroxylation sites is 1. The molecule has 0 spiro atoms. The van der Waals surface area contributed by atoms with Gasteiger partial charge in [0, 0.05) is 10.9 Å². The number of benzene rings is 1. The quantitative estimate of drug-likeness (QED) is 0.240. The molecule has 3 heterocycles. The summed E-state index contributed by atoms with van der Waals surface area (Å²) in [5.41, 5.74) is 2.35. The zero-order valence-electron chi connectivity index (χ0n) is 12.5. The number of H-pyrrole nitrogens is 2. The van der Waals surface area contributed by atoms with Gasteiger partial charge in [0.25, 0.3) is 5.56 Å². The number of halogens is 1. The van der Waals surface area contributed by atoms with E-state index in [2.05, 4.69) is 30.3 Å². The third-order valence-corrected chi connectivity index (χ3v) is 3.94. The molecule has 5 N–H and O–H groups in total. The first kappa shape index (κ1) is 15.2. The van der Waals surface area contributed by atoms with Gasteiger partial charge in [0.05, 0.1) is 11.2 Å². The van der Waals surface area contributed by atoms with Crippen LogP contribution in [0.1, 0.15) is 0 Å². The first-order chi connectivity index (χ1) is 12.1. The van der Waals surface area contributed by atoms with E-state index in [1.54, 1.807) is 6.07 Å². The van der Waals surface area contributed by atoms with Crippen molar-refractivity contribution in [3.05, 3.63) is 56.3 Å². The minimum atomic E-state index is -0.687. The number of aromatic amines is 2. The average Bonchev–Trinajstić information content (AvgIpc) is 2.59. The molecule has 9 nitrogen and oxygen atoms in total. The van der Waals surface area contributed by atoms with Gasteiger partial charge >= 0.3 is 5.69 Å². The maximum Gasteiger partial charge on any atom is 0.327 e. The number of nitrogens with one attached hydrogen (secondary N) is 3. The number of hydrogen-bond donors (Lipinski definition) is 4. The van der Waals surface area contributed by atoms with Gasteiger partial charge in [-0.3, -0.25) is 20.2 Å². The Morgan fingerprint density at radius 1 is 1.08 bits per heavy atom. The number of anilines is 1. The van der Waals surface area contributed by atoms with Crippen molar-refractivity contribution in [2.75, 3.05) is 5.43 Å². The van der Waals surface area contributed by atoms with E-state index in [1.807, 2.05) is 24.3 Å². The molecule has 0 fully saturated rings. The van der Waals surface area contributed by atoms with E-state index in [0.29, 0.717) is 11.1 Å². The Balaban J connectivity index is 2.15. The van der Waals surface area contributed by atoms with Crippen molar-refractivity contribution in [1.82, 2.24) is 24.9 Å². The molecule has 124 valence electrons. The lowest BCUT2D eigenvalue weighted by atomic mass is 10.1. The molecule has 0 aliphatic heterocycles. The summed E-state index contributed by atoms with van der Waals surface area (Å²) < 4.78 is 0. The van der Waals surface area contributed by atoms with Crippen LogP contribution >= 0.6 is 11.6 Å². The summed E-state index contributed by atoms with van der Waals surface area (Å²) in [6.07, 6.45) is 0. The lowest BCUT2D eigenvalue weighted by Crippen LogP contribution is -2.24. The first-order valence-electron chi connectivity index (χ1n) is 7.13. The van der Waals surface area contributed by atoms with Crippen LogP contribution in [0.4, 0.5) is 5.95 Å². The molecule has 0 saturated heterocycles. The van der Waals surface area contributed by atoms with Crippen molar-refractivity contribution >= 4 is 39.5 Å². The molecule has 10 heteroatoms. The van der Waals surface area contributed by atoms with Gasteiger partial charge in [-0.05, 0) is 12.1 Å². The Hall–Kier alpha value is -3.30. The summed E-state index contributed by atoms with van der Waals surface area (Å²) in [4.78, 5) is 41.0. The van der Waals surface area contributed by atoms with Crippen molar-refractivity contribution in [1.29, 1.82) is 0 Å². The summed E-state index contributed by atoms with van der Waals surface area (Å²) in [5.74, 6) is 5.41. The van der Waals surface area contributed by atoms with Gasteiger partial charge in [0.1, 0.15) is 10.5 Å². The van der Waals surface area contributed by atoms with Crippen LogP contribution in [0.15, 0.2) is 39.9 Å². The third-order valence-electron chi connectivity index (χ3n) is 3.66. The molecular formula is C15H10ClN7O2. The largest absolute Gasteiger partial charge is 0.327 e. The number of fused-ring (bicyclic) bond motifs is 2. The number of nitrogens with two attached hydrogens (primary N) is 1. The average molecular weight is 356 g/mol. The Labute approximate surface area is 143 Å². The fraction of sp³-hybridized carbons (Fsp3) is 0. The van der Waals surface area contributed by atoms with Crippen molar-refractivity contribution in [2.24, 2.45) is 5.84 Å². The molecular weight excluding hydrogens is 346 g/mol. The molecule has 3 aromatic heterocycles. The number of nitrogen functional groups attached to an aromatic ring is 1. The zero-order chi connectivity index (χ0) is 17.6. The second-order valence-corrected chi connectivity index (χ2v) is 5.55. The third kappa shape index (κ3) is 2.51. The molecule has 0 unspecified atom stereocenters. The lowest BCUT2D eigenvalue weighted by Gasteiger charge is -2.09. The summed E-state index contributed by atoms with van der Waals surface area (Å²) in [7, 11) is 0. The van der Waals surface area contributed by atoms with E-state index in [4.69, 9.17) is 17.4 Å². The standard InChI is InChI=1S/C15H10ClN7O2/c16-11-7(5-6-3-1-2-4-8(6)18-11)10-9-12(20-14(19-10)23-17)21-15(25)22-13(9)24/h1-5H,17H2,(H3,19,20,21,22,23,24,25). The number of pyridine rings is 1. The molecule has 4 aromatic rings. The van der Waals surface area contributed by atoms with Gasteiger partial charge < -0.3 is 0 Å². The van der Waals surface area contributed by atoms with E-state index in [1.165, 1.54) is 0 Å². The molecule has 0 bridgehead atoms. The van der Waals surface area contributed by atoms with E-state index < -0.39 is 11.2 Å².